The highest BCUT2D eigenvalue weighted by Gasteiger charge is 2.29. The van der Waals surface area contributed by atoms with Crippen LogP contribution in [0.4, 0.5) is 0 Å². The average molecular weight is 333 g/mol. The van der Waals surface area contributed by atoms with Crippen molar-refractivity contribution in [1.82, 2.24) is 4.98 Å². The Hall–Kier alpha value is -3.34. The molecule has 1 aliphatic heterocycles. The zero-order valence-corrected chi connectivity index (χ0v) is 13.8. The first kappa shape index (κ1) is 15.2. The molecule has 124 valence electrons. The van der Waals surface area contributed by atoms with Crippen LogP contribution in [-0.2, 0) is 4.79 Å². The minimum Gasteiger partial charge on any atom is -0.493 e. The number of rotatable bonds is 3. The Morgan fingerprint density at radius 1 is 1.00 bits per heavy atom. The molecule has 0 amide bonds. The normalized spacial score (nSPS) is 14.5. The summed E-state index contributed by atoms with van der Waals surface area (Å²) in [6.07, 6.45) is 1.81. The van der Waals surface area contributed by atoms with Crippen LogP contribution in [0.25, 0.3) is 22.6 Å². The molecule has 3 aromatic rings. The van der Waals surface area contributed by atoms with E-state index < -0.39 is 5.97 Å². The van der Waals surface area contributed by atoms with Crippen LogP contribution in [0.15, 0.2) is 48.5 Å². The van der Waals surface area contributed by atoms with E-state index in [1.165, 1.54) is 0 Å². The Balaban J connectivity index is 1.89. The Labute approximate surface area is 144 Å². The SMILES string of the molecule is COc1cc2cc3c(nc2cc1OC)OC(=O)/C3=C\c1ccccc1. The molecule has 0 spiro atoms. The maximum absolute atomic E-state index is 12.3. The van der Waals surface area contributed by atoms with Gasteiger partial charge >= 0.3 is 5.97 Å². The molecule has 0 radical (unpaired) electrons. The van der Waals surface area contributed by atoms with E-state index in [9.17, 15) is 4.79 Å². The number of aromatic nitrogens is 1. The number of esters is 1. The van der Waals surface area contributed by atoms with Gasteiger partial charge in [0.15, 0.2) is 11.5 Å². The van der Waals surface area contributed by atoms with E-state index in [0.717, 1.165) is 10.9 Å². The topological polar surface area (TPSA) is 57.6 Å². The number of hydrogen-bond acceptors (Lipinski definition) is 5. The third-order valence-corrected chi connectivity index (χ3v) is 4.10. The summed E-state index contributed by atoms with van der Waals surface area (Å²) in [7, 11) is 3.15. The Morgan fingerprint density at radius 3 is 2.44 bits per heavy atom. The summed E-state index contributed by atoms with van der Waals surface area (Å²) in [4.78, 5) is 16.7. The molecule has 2 heterocycles. The lowest BCUT2D eigenvalue weighted by atomic mass is 10.0. The molecular weight excluding hydrogens is 318 g/mol. The number of fused-ring (bicyclic) bond motifs is 2. The molecule has 25 heavy (non-hydrogen) atoms. The third-order valence-electron chi connectivity index (χ3n) is 4.10. The molecular formula is C20H15NO4. The Kier molecular flexibility index (Phi) is 3.61. The highest BCUT2D eigenvalue weighted by atomic mass is 16.5. The van der Waals surface area contributed by atoms with E-state index in [4.69, 9.17) is 14.2 Å². The van der Waals surface area contributed by atoms with Crippen molar-refractivity contribution in [2.75, 3.05) is 14.2 Å². The van der Waals surface area contributed by atoms with E-state index in [2.05, 4.69) is 4.98 Å². The van der Waals surface area contributed by atoms with Crippen LogP contribution in [0.3, 0.4) is 0 Å². The quantitative estimate of drug-likeness (QED) is 0.540. The zero-order valence-electron chi connectivity index (χ0n) is 13.8. The predicted octanol–water partition coefficient (Wildman–Crippen LogP) is 3.71. The maximum atomic E-state index is 12.3. The van der Waals surface area contributed by atoms with Gasteiger partial charge in [-0.2, -0.15) is 0 Å². The monoisotopic (exact) mass is 333 g/mol. The van der Waals surface area contributed by atoms with Crippen molar-refractivity contribution in [2.45, 2.75) is 0 Å². The molecule has 4 rings (SSSR count). The van der Waals surface area contributed by atoms with Crippen molar-refractivity contribution in [2.24, 2.45) is 0 Å². The van der Waals surface area contributed by atoms with E-state index in [1.54, 1.807) is 20.3 Å². The van der Waals surface area contributed by atoms with Crippen LogP contribution >= 0.6 is 0 Å². The van der Waals surface area contributed by atoms with Crippen LogP contribution in [0.2, 0.25) is 0 Å². The Morgan fingerprint density at radius 2 is 1.72 bits per heavy atom. The van der Waals surface area contributed by atoms with Crippen molar-refractivity contribution < 1.29 is 19.0 Å². The van der Waals surface area contributed by atoms with Gasteiger partial charge in [-0.3, -0.25) is 0 Å². The van der Waals surface area contributed by atoms with Gasteiger partial charge in [0, 0.05) is 11.5 Å². The smallest absolute Gasteiger partial charge is 0.345 e. The third kappa shape index (κ3) is 2.59. The molecule has 0 saturated heterocycles. The number of methoxy groups -OCH3 is 2. The van der Waals surface area contributed by atoms with Crippen molar-refractivity contribution in [3.63, 3.8) is 0 Å². The van der Waals surface area contributed by atoms with Gasteiger partial charge in [-0.25, -0.2) is 9.78 Å². The number of nitrogens with zero attached hydrogens (tertiary/aromatic N) is 1. The lowest BCUT2D eigenvalue weighted by Crippen LogP contribution is -2.00. The van der Waals surface area contributed by atoms with Crippen molar-refractivity contribution >= 4 is 28.5 Å². The number of carbonyl (C=O) groups excluding carboxylic acids is 1. The summed E-state index contributed by atoms with van der Waals surface area (Å²) >= 11 is 0. The second kappa shape index (κ2) is 5.94. The van der Waals surface area contributed by atoms with Gasteiger partial charge in [0.25, 0.3) is 0 Å². The van der Waals surface area contributed by atoms with E-state index >= 15 is 0 Å². The van der Waals surface area contributed by atoms with Crippen LogP contribution in [0.5, 0.6) is 17.4 Å². The lowest BCUT2D eigenvalue weighted by Gasteiger charge is -2.09. The molecule has 0 unspecified atom stereocenters. The first-order valence-electron chi connectivity index (χ1n) is 7.75. The number of pyridine rings is 1. The van der Waals surface area contributed by atoms with E-state index in [1.807, 2.05) is 48.5 Å². The van der Waals surface area contributed by atoms with Crippen molar-refractivity contribution in [3.05, 3.63) is 59.7 Å². The molecule has 0 fully saturated rings. The number of ether oxygens (including phenoxy) is 3. The van der Waals surface area contributed by atoms with Gasteiger partial charge in [-0.1, -0.05) is 30.3 Å². The summed E-state index contributed by atoms with van der Waals surface area (Å²) in [6.45, 7) is 0. The van der Waals surface area contributed by atoms with Gasteiger partial charge in [-0.15, -0.1) is 0 Å². The van der Waals surface area contributed by atoms with Crippen molar-refractivity contribution in [3.8, 4) is 17.4 Å². The minimum absolute atomic E-state index is 0.312. The zero-order chi connectivity index (χ0) is 17.4. The average Bonchev–Trinajstić information content (AvgIpc) is 2.94. The molecule has 5 nitrogen and oxygen atoms in total. The molecule has 1 aromatic heterocycles. The summed E-state index contributed by atoms with van der Waals surface area (Å²) in [5.41, 5.74) is 2.76. The standard InChI is InChI=1S/C20H15NO4/c1-23-17-10-13-9-14-15(8-12-6-4-3-5-7-12)20(22)25-19(14)21-16(13)11-18(17)24-2/h3-11H,1-2H3/b15-8-. The van der Waals surface area contributed by atoms with Gasteiger partial charge in [0.1, 0.15) is 0 Å². The van der Waals surface area contributed by atoms with E-state index in [-0.39, 0.29) is 0 Å². The van der Waals surface area contributed by atoms with Gasteiger partial charge < -0.3 is 14.2 Å². The molecule has 0 bridgehead atoms. The summed E-state index contributed by atoms with van der Waals surface area (Å²) in [5, 5.41) is 0.841. The molecule has 0 atom stereocenters. The fraction of sp³-hybridized carbons (Fsp3) is 0.100. The molecule has 1 aliphatic rings. The van der Waals surface area contributed by atoms with Gasteiger partial charge in [0.2, 0.25) is 5.88 Å². The number of carbonyl (C=O) groups is 1. The lowest BCUT2D eigenvalue weighted by molar-refractivity contribution is -0.127. The summed E-state index contributed by atoms with van der Waals surface area (Å²) < 4.78 is 16.0. The Bertz CT molecular complexity index is 1010. The minimum atomic E-state index is -0.402. The highest BCUT2D eigenvalue weighted by Crippen LogP contribution is 2.39. The number of hydrogen-bond donors (Lipinski definition) is 0. The molecule has 0 N–H and O–H groups in total. The molecule has 0 saturated carbocycles. The maximum Gasteiger partial charge on any atom is 0.345 e. The van der Waals surface area contributed by atoms with Crippen LogP contribution < -0.4 is 14.2 Å². The molecule has 0 aliphatic carbocycles. The number of benzene rings is 2. The molecule has 5 heteroatoms. The fourth-order valence-corrected chi connectivity index (χ4v) is 2.86. The summed E-state index contributed by atoms with van der Waals surface area (Å²) in [5.74, 6) is 1.09. The largest absolute Gasteiger partial charge is 0.493 e. The second-order valence-corrected chi connectivity index (χ2v) is 5.60. The van der Waals surface area contributed by atoms with Gasteiger partial charge in [-0.05, 0) is 23.8 Å². The van der Waals surface area contributed by atoms with Crippen LogP contribution in [-0.4, -0.2) is 25.2 Å². The van der Waals surface area contributed by atoms with Crippen LogP contribution in [0.1, 0.15) is 11.1 Å². The predicted molar refractivity (Wildman–Crippen MR) is 94.8 cm³/mol. The molecule has 2 aromatic carbocycles. The van der Waals surface area contributed by atoms with E-state index in [0.29, 0.717) is 34.0 Å². The fourth-order valence-electron chi connectivity index (χ4n) is 2.86. The summed E-state index contributed by atoms with van der Waals surface area (Å²) in [6, 6.07) is 15.1. The second-order valence-electron chi connectivity index (χ2n) is 5.60. The highest BCUT2D eigenvalue weighted by molar-refractivity contribution is 6.26. The first-order valence-corrected chi connectivity index (χ1v) is 7.75. The van der Waals surface area contributed by atoms with Crippen LogP contribution in [0, 0.1) is 0 Å². The first-order chi connectivity index (χ1) is 12.2. The van der Waals surface area contributed by atoms with Crippen molar-refractivity contribution in [1.29, 1.82) is 0 Å². The van der Waals surface area contributed by atoms with Gasteiger partial charge in [0.05, 0.1) is 30.9 Å².